The summed E-state index contributed by atoms with van der Waals surface area (Å²) in [6.07, 6.45) is 4.01. The average molecular weight is 340 g/mol. The van der Waals surface area contributed by atoms with E-state index in [2.05, 4.69) is 33.8 Å². The van der Waals surface area contributed by atoms with Crippen LogP contribution in [0, 0.1) is 5.92 Å². The Kier molecular flexibility index (Phi) is 4.51. The van der Waals surface area contributed by atoms with Crippen LogP contribution in [0.5, 0.6) is 11.5 Å². The third-order valence-corrected chi connectivity index (χ3v) is 4.60. The first-order valence-electron chi connectivity index (χ1n) is 7.56. The van der Waals surface area contributed by atoms with Crippen molar-refractivity contribution in [2.45, 2.75) is 32.7 Å². The number of nitrogens with zero attached hydrogens (tertiary/aromatic N) is 1. The zero-order valence-corrected chi connectivity index (χ0v) is 13.6. The van der Waals surface area contributed by atoms with Crippen molar-refractivity contribution in [3.63, 3.8) is 0 Å². The highest BCUT2D eigenvalue weighted by Gasteiger charge is 2.24. The van der Waals surface area contributed by atoms with E-state index in [0.717, 1.165) is 35.0 Å². The maximum absolute atomic E-state index is 5.69. The molecule has 1 aromatic carbocycles. The second-order valence-corrected chi connectivity index (χ2v) is 6.62. The van der Waals surface area contributed by atoms with E-state index in [4.69, 9.17) is 9.47 Å². The molecule has 2 aliphatic rings. The van der Waals surface area contributed by atoms with Gasteiger partial charge in [-0.05, 0) is 49.4 Å². The molecule has 0 amide bonds. The Balaban J connectivity index is 1.74. The molecule has 3 nitrogen and oxygen atoms in total. The van der Waals surface area contributed by atoms with Gasteiger partial charge in [0.25, 0.3) is 0 Å². The van der Waals surface area contributed by atoms with Crippen molar-refractivity contribution in [1.82, 2.24) is 4.90 Å². The van der Waals surface area contributed by atoms with E-state index in [0.29, 0.717) is 13.2 Å². The Labute approximate surface area is 129 Å². The average Bonchev–Trinajstić information content (AvgIpc) is 3.24. The van der Waals surface area contributed by atoms with Crippen LogP contribution in [-0.4, -0.2) is 31.2 Å². The van der Waals surface area contributed by atoms with Crippen LogP contribution in [0.1, 0.15) is 31.7 Å². The molecule has 4 heteroatoms. The van der Waals surface area contributed by atoms with Crippen molar-refractivity contribution in [3.05, 3.63) is 22.2 Å². The van der Waals surface area contributed by atoms with E-state index in [1.165, 1.54) is 31.4 Å². The molecular weight excluding hydrogens is 318 g/mol. The van der Waals surface area contributed by atoms with Crippen molar-refractivity contribution in [2.24, 2.45) is 5.92 Å². The molecule has 0 spiro atoms. The summed E-state index contributed by atoms with van der Waals surface area (Å²) >= 11 is 3.67. The number of rotatable bonds is 6. The Morgan fingerprint density at radius 2 is 1.90 bits per heavy atom. The summed E-state index contributed by atoms with van der Waals surface area (Å²) in [6.45, 7) is 6.92. The summed E-state index contributed by atoms with van der Waals surface area (Å²) in [6, 6.07) is 4.18. The lowest BCUT2D eigenvalue weighted by molar-refractivity contribution is 0.170. The summed E-state index contributed by atoms with van der Waals surface area (Å²) in [5, 5.41) is 0. The van der Waals surface area contributed by atoms with E-state index in [1.54, 1.807) is 0 Å². The zero-order valence-electron chi connectivity index (χ0n) is 12.0. The molecular formula is C16H22BrNO2. The molecule has 0 unspecified atom stereocenters. The van der Waals surface area contributed by atoms with Crippen LogP contribution in [0.25, 0.3) is 0 Å². The second kappa shape index (κ2) is 6.35. The molecule has 0 bridgehead atoms. The highest BCUT2D eigenvalue weighted by molar-refractivity contribution is 9.10. The van der Waals surface area contributed by atoms with Gasteiger partial charge in [0.15, 0.2) is 11.5 Å². The molecule has 110 valence electrons. The lowest BCUT2D eigenvalue weighted by Gasteiger charge is -2.24. The van der Waals surface area contributed by atoms with Gasteiger partial charge in [-0.25, -0.2) is 0 Å². The van der Waals surface area contributed by atoms with Crippen LogP contribution in [0.4, 0.5) is 0 Å². The van der Waals surface area contributed by atoms with Gasteiger partial charge in [0.2, 0.25) is 0 Å². The summed E-state index contributed by atoms with van der Waals surface area (Å²) in [4.78, 5) is 2.56. The number of benzene rings is 1. The van der Waals surface area contributed by atoms with Gasteiger partial charge >= 0.3 is 0 Å². The van der Waals surface area contributed by atoms with Gasteiger partial charge in [0.1, 0.15) is 13.2 Å². The van der Waals surface area contributed by atoms with Gasteiger partial charge in [-0.3, -0.25) is 4.90 Å². The quantitative estimate of drug-likeness (QED) is 0.785. The highest BCUT2D eigenvalue weighted by atomic mass is 79.9. The molecule has 0 saturated heterocycles. The van der Waals surface area contributed by atoms with Gasteiger partial charge in [-0.15, -0.1) is 0 Å². The van der Waals surface area contributed by atoms with Crippen molar-refractivity contribution < 1.29 is 9.47 Å². The van der Waals surface area contributed by atoms with E-state index in [1.807, 2.05) is 6.07 Å². The van der Waals surface area contributed by atoms with E-state index < -0.39 is 0 Å². The fourth-order valence-electron chi connectivity index (χ4n) is 2.68. The Bertz CT molecular complexity index is 474. The van der Waals surface area contributed by atoms with Crippen molar-refractivity contribution in [3.8, 4) is 11.5 Å². The third-order valence-electron chi connectivity index (χ3n) is 3.86. The van der Waals surface area contributed by atoms with Crippen LogP contribution >= 0.6 is 15.9 Å². The summed E-state index contributed by atoms with van der Waals surface area (Å²) in [5.74, 6) is 2.67. The standard InChI is InChI=1S/C16H22BrNO2/c1-2-5-18(10-12-3-4-12)11-13-8-15-16(9-14(13)17)20-7-6-19-15/h8-9,12H,2-7,10-11H2,1H3. The molecule has 1 aromatic rings. The SMILES string of the molecule is CCCN(Cc1cc2c(cc1Br)OCCO2)CC1CC1. The van der Waals surface area contributed by atoms with Gasteiger partial charge in [0, 0.05) is 17.6 Å². The minimum atomic E-state index is 0.641. The van der Waals surface area contributed by atoms with Crippen LogP contribution < -0.4 is 9.47 Å². The smallest absolute Gasteiger partial charge is 0.162 e. The Morgan fingerprint density at radius 1 is 1.20 bits per heavy atom. The number of halogens is 1. The molecule has 1 aliphatic heterocycles. The molecule has 0 aromatic heterocycles. The second-order valence-electron chi connectivity index (χ2n) is 5.77. The monoisotopic (exact) mass is 339 g/mol. The number of fused-ring (bicyclic) bond motifs is 1. The van der Waals surface area contributed by atoms with Gasteiger partial charge in [-0.1, -0.05) is 22.9 Å². The van der Waals surface area contributed by atoms with E-state index >= 15 is 0 Å². The first-order chi connectivity index (χ1) is 9.76. The fraction of sp³-hybridized carbons (Fsp3) is 0.625. The third kappa shape index (κ3) is 3.47. The molecule has 1 saturated carbocycles. The molecule has 20 heavy (non-hydrogen) atoms. The predicted octanol–water partition coefficient (Wildman–Crippen LogP) is 3.84. The van der Waals surface area contributed by atoms with Gasteiger partial charge in [0.05, 0.1) is 0 Å². The van der Waals surface area contributed by atoms with E-state index in [9.17, 15) is 0 Å². The molecule has 0 atom stereocenters. The van der Waals surface area contributed by atoms with Crippen LogP contribution in [-0.2, 0) is 6.54 Å². The first kappa shape index (κ1) is 14.2. The summed E-state index contributed by atoms with van der Waals surface area (Å²) in [5.41, 5.74) is 1.29. The molecule has 1 heterocycles. The lowest BCUT2D eigenvalue weighted by Crippen LogP contribution is -2.26. The number of hydrogen-bond donors (Lipinski definition) is 0. The normalized spacial score (nSPS) is 17.6. The molecule has 0 N–H and O–H groups in total. The topological polar surface area (TPSA) is 21.7 Å². The van der Waals surface area contributed by atoms with Crippen molar-refractivity contribution >= 4 is 15.9 Å². The maximum atomic E-state index is 5.69. The number of hydrogen-bond acceptors (Lipinski definition) is 3. The first-order valence-corrected chi connectivity index (χ1v) is 8.36. The minimum Gasteiger partial charge on any atom is -0.486 e. The molecule has 3 rings (SSSR count). The van der Waals surface area contributed by atoms with Crippen LogP contribution in [0.15, 0.2) is 16.6 Å². The Hall–Kier alpha value is -0.740. The largest absolute Gasteiger partial charge is 0.486 e. The summed E-state index contributed by atoms with van der Waals surface area (Å²) in [7, 11) is 0. The van der Waals surface area contributed by atoms with Crippen molar-refractivity contribution in [2.75, 3.05) is 26.3 Å². The molecule has 1 fully saturated rings. The van der Waals surface area contributed by atoms with Crippen LogP contribution in [0.3, 0.4) is 0 Å². The number of ether oxygens (including phenoxy) is 2. The summed E-state index contributed by atoms with van der Waals surface area (Å²) < 4.78 is 12.4. The van der Waals surface area contributed by atoms with Gasteiger partial charge < -0.3 is 9.47 Å². The predicted molar refractivity (Wildman–Crippen MR) is 83.4 cm³/mol. The van der Waals surface area contributed by atoms with Gasteiger partial charge in [-0.2, -0.15) is 0 Å². The fourth-order valence-corrected chi connectivity index (χ4v) is 3.13. The van der Waals surface area contributed by atoms with Crippen molar-refractivity contribution in [1.29, 1.82) is 0 Å². The molecule has 0 radical (unpaired) electrons. The Morgan fingerprint density at radius 3 is 2.55 bits per heavy atom. The maximum Gasteiger partial charge on any atom is 0.162 e. The highest BCUT2D eigenvalue weighted by Crippen LogP contribution is 2.36. The molecule has 1 aliphatic carbocycles. The minimum absolute atomic E-state index is 0.641. The van der Waals surface area contributed by atoms with Crippen LogP contribution in [0.2, 0.25) is 0 Å². The lowest BCUT2D eigenvalue weighted by atomic mass is 10.1. The zero-order chi connectivity index (χ0) is 13.9. The van der Waals surface area contributed by atoms with E-state index in [-0.39, 0.29) is 0 Å².